The van der Waals surface area contributed by atoms with Gasteiger partial charge in [-0.25, -0.2) is 0 Å². The van der Waals surface area contributed by atoms with Crippen molar-refractivity contribution in [2.45, 2.75) is 77.9 Å². The van der Waals surface area contributed by atoms with Gasteiger partial charge in [0.1, 0.15) is 12.2 Å². The zero-order chi connectivity index (χ0) is 20.5. The second-order valence-corrected chi connectivity index (χ2v) is 12.6. The minimum absolute atomic E-state index is 0.00486. The fourth-order valence-electron chi connectivity index (χ4n) is 3.28. The van der Waals surface area contributed by atoms with Crippen molar-refractivity contribution in [3.8, 4) is 0 Å². The van der Waals surface area contributed by atoms with Crippen molar-refractivity contribution in [3.05, 3.63) is 0 Å². The zero-order valence-electron chi connectivity index (χ0n) is 17.6. The van der Waals surface area contributed by atoms with E-state index in [4.69, 9.17) is 9.47 Å². The van der Waals surface area contributed by atoms with Crippen molar-refractivity contribution in [2.75, 3.05) is 20.4 Å². The number of methoxy groups -OCH3 is 1. The average Bonchev–Trinajstić information content (AvgIpc) is 2.80. The lowest BCUT2D eigenvalue weighted by atomic mass is 9.72. The molecule has 0 bridgehead atoms. The molecule has 0 spiro atoms. The van der Waals surface area contributed by atoms with Gasteiger partial charge in [0.15, 0.2) is 0 Å². The van der Waals surface area contributed by atoms with Crippen LogP contribution in [0.25, 0.3) is 0 Å². The van der Waals surface area contributed by atoms with Crippen LogP contribution in [-0.2, 0) is 28.4 Å². The van der Waals surface area contributed by atoms with E-state index in [1.807, 2.05) is 41.5 Å². The zero-order valence-corrected chi connectivity index (χ0v) is 18.5. The Morgan fingerprint density at radius 2 is 1.54 bits per heavy atom. The third-order valence-corrected chi connectivity index (χ3v) is 9.85. The number of carbonyl (C=O) groups excluding carboxylic acids is 2. The van der Waals surface area contributed by atoms with Crippen LogP contribution in [-0.4, -0.2) is 55.8 Å². The first-order valence-electron chi connectivity index (χ1n) is 9.13. The second-order valence-electron chi connectivity index (χ2n) is 8.78. The van der Waals surface area contributed by atoms with Gasteiger partial charge < -0.3 is 18.8 Å². The van der Waals surface area contributed by atoms with Gasteiger partial charge in [0.25, 0.3) is 0 Å². The van der Waals surface area contributed by atoms with Gasteiger partial charge in [0, 0.05) is 16.5 Å². The molecule has 0 aromatic rings. The molecule has 1 saturated heterocycles. The molecule has 1 aliphatic heterocycles. The number of carbonyl (C=O) groups is 2. The predicted molar refractivity (Wildman–Crippen MR) is 102 cm³/mol. The highest BCUT2D eigenvalue weighted by atomic mass is 31.2. The normalized spacial score (nSPS) is 27.3. The summed E-state index contributed by atoms with van der Waals surface area (Å²) in [5.74, 6) is -0.882. The third-order valence-electron chi connectivity index (χ3n) is 6.58. The Hall–Kier alpha value is -0.870. The monoisotopic (exact) mass is 390 g/mol. The lowest BCUT2D eigenvalue weighted by Gasteiger charge is -2.48. The molecule has 26 heavy (non-hydrogen) atoms. The summed E-state index contributed by atoms with van der Waals surface area (Å²) in [5, 5.41) is -0.509. The quantitative estimate of drug-likeness (QED) is 0.487. The molecule has 1 rings (SSSR count). The standard InChI is InChI=1S/C19H35O6P/c1-12-13(2)24-17(18(3,4)19(5,6)26(8,9)22)16(12)25-15(21)11-10-14(20)23-7/h12-13,16-17H,10-11H2,1-9H3/t12-,13-,16-,17?/m0/s1. The Morgan fingerprint density at radius 3 is 2.00 bits per heavy atom. The molecule has 1 unspecified atom stereocenters. The summed E-state index contributed by atoms with van der Waals surface area (Å²) in [6, 6.07) is 0. The molecule has 1 heterocycles. The van der Waals surface area contributed by atoms with E-state index in [0.29, 0.717) is 0 Å². The van der Waals surface area contributed by atoms with Crippen LogP contribution in [0.4, 0.5) is 0 Å². The van der Waals surface area contributed by atoms with Crippen LogP contribution < -0.4 is 0 Å². The van der Waals surface area contributed by atoms with E-state index >= 15 is 0 Å². The molecular formula is C19H35O6P. The van der Waals surface area contributed by atoms with Crippen molar-refractivity contribution < 1.29 is 28.4 Å². The molecule has 0 aromatic carbocycles. The van der Waals surface area contributed by atoms with E-state index in [9.17, 15) is 14.2 Å². The van der Waals surface area contributed by atoms with Crippen LogP contribution in [0, 0.1) is 11.3 Å². The Bertz CT molecular complexity index is 577. The molecule has 1 aliphatic rings. The first-order chi connectivity index (χ1) is 11.7. The highest BCUT2D eigenvalue weighted by Crippen LogP contribution is 2.62. The SMILES string of the molecule is COC(=O)CCC(=O)O[C@@H]1C(C(C)(C)C(C)(C)P(C)(C)=O)O[C@@H](C)[C@@H]1C. The van der Waals surface area contributed by atoms with Gasteiger partial charge in [-0.1, -0.05) is 34.6 Å². The number of ether oxygens (including phenoxy) is 3. The van der Waals surface area contributed by atoms with E-state index < -0.39 is 35.8 Å². The summed E-state index contributed by atoms with van der Waals surface area (Å²) in [6.07, 6.45) is -0.942. The van der Waals surface area contributed by atoms with Crippen molar-refractivity contribution >= 4 is 19.1 Å². The second kappa shape index (κ2) is 8.02. The van der Waals surface area contributed by atoms with Crippen molar-refractivity contribution in [2.24, 2.45) is 11.3 Å². The summed E-state index contributed by atoms with van der Waals surface area (Å²) in [6.45, 7) is 15.5. The van der Waals surface area contributed by atoms with Gasteiger partial charge >= 0.3 is 11.9 Å². The molecule has 4 atom stereocenters. The topological polar surface area (TPSA) is 78.9 Å². The molecule has 6 nitrogen and oxygen atoms in total. The van der Waals surface area contributed by atoms with Gasteiger partial charge in [-0.05, 0) is 20.3 Å². The molecular weight excluding hydrogens is 355 g/mol. The minimum atomic E-state index is -2.45. The van der Waals surface area contributed by atoms with Crippen LogP contribution in [0.1, 0.15) is 54.4 Å². The highest BCUT2D eigenvalue weighted by Gasteiger charge is 2.57. The maximum atomic E-state index is 12.9. The van der Waals surface area contributed by atoms with Crippen molar-refractivity contribution in [1.29, 1.82) is 0 Å². The maximum Gasteiger partial charge on any atom is 0.306 e. The van der Waals surface area contributed by atoms with Gasteiger partial charge in [-0.2, -0.15) is 0 Å². The summed E-state index contributed by atoms with van der Waals surface area (Å²) in [5.41, 5.74) is -0.488. The smallest absolute Gasteiger partial charge is 0.306 e. The first-order valence-corrected chi connectivity index (χ1v) is 11.7. The van der Waals surface area contributed by atoms with Crippen LogP contribution >= 0.6 is 7.14 Å². The molecule has 1 fully saturated rings. The van der Waals surface area contributed by atoms with Crippen LogP contribution in [0.5, 0.6) is 0 Å². The predicted octanol–water partition coefficient (Wildman–Crippen LogP) is 3.70. The lowest BCUT2D eigenvalue weighted by Crippen LogP contribution is -2.52. The molecule has 0 N–H and O–H groups in total. The van der Waals surface area contributed by atoms with E-state index in [-0.39, 0.29) is 31.0 Å². The summed E-state index contributed by atoms with van der Waals surface area (Å²) in [4.78, 5) is 23.5. The highest BCUT2D eigenvalue weighted by molar-refractivity contribution is 7.64. The summed E-state index contributed by atoms with van der Waals surface area (Å²) < 4.78 is 29.4. The van der Waals surface area contributed by atoms with Gasteiger partial charge in [-0.3, -0.25) is 9.59 Å². The first kappa shape index (κ1) is 23.2. The van der Waals surface area contributed by atoms with Crippen molar-refractivity contribution in [1.82, 2.24) is 0 Å². The van der Waals surface area contributed by atoms with E-state index in [0.717, 1.165) is 0 Å². The van der Waals surface area contributed by atoms with Gasteiger partial charge in [0.2, 0.25) is 0 Å². The number of rotatable bonds is 7. The van der Waals surface area contributed by atoms with E-state index in [1.54, 1.807) is 13.3 Å². The molecule has 0 aliphatic carbocycles. The number of hydrogen-bond acceptors (Lipinski definition) is 6. The number of esters is 2. The maximum absolute atomic E-state index is 12.9. The Morgan fingerprint density at radius 1 is 1.04 bits per heavy atom. The summed E-state index contributed by atoms with van der Waals surface area (Å²) >= 11 is 0. The van der Waals surface area contributed by atoms with Crippen molar-refractivity contribution in [3.63, 3.8) is 0 Å². The molecule has 0 saturated carbocycles. The third kappa shape index (κ3) is 4.51. The van der Waals surface area contributed by atoms with Crippen LogP contribution in [0.3, 0.4) is 0 Å². The van der Waals surface area contributed by atoms with E-state index in [1.165, 1.54) is 7.11 Å². The van der Waals surface area contributed by atoms with Crippen LogP contribution in [0.15, 0.2) is 0 Å². The van der Waals surface area contributed by atoms with E-state index in [2.05, 4.69) is 4.74 Å². The molecule has 0 amide bonds. The summed E-state index contributed by atoms with van der Waals surface area (Å²) in [7, 11) is -1.17. The largest absolute Gasteiger partial charge is 0.469 e. The molecule has 0 aromatic heterocycles. The number of hydrogen-bond donors (Lipinski definition) is 0. The average molecular weight is 390 g/mol. The molecule has 152 valence electrons. The van der Waals surface area contributed by atoms with Gasteiger partial charge in [-0.15, -0.1) is 0 Å². The van der Waals surface area contributed by atoms with Crippen LogP contribution in [0.2, 0.25) is 0 Å². The Labute approximate surface area is 157 Å². The minimum Gasteiger partial charge on any atom is -0.469 e. The fraction of sp³-hybridized carbons (Fsp3) is 0.895. The lowest BCUT2D eigenvalue weighted by molar-refractivity contribution is -0.160. The Kier molecular flexibility index (Phi) is 7.14. The Balaban J connectivity index is 3.04. The fourth-order valence-corrected chi connectivity index (χ4v) is 4.80. The van der Waals surface area contributed by atoms with Gasteiger partial charge in [0.05, 0.1) is 33.2 Å². The molecule has 7 heteroatoms. The molecule has 0 radical (unpaired) electrons.